The molecule has 0 aliphatic heterocycles. The van der Waals surface area contributed by atoms with E-state index in [1.807, 2.05) is 12.1 Å². The van der Waals surface area contributed by atoms with Gasteiger partial charge in [-0.3, -0.25) is 4.79 Å². The minimum absolute atomic E-state index is 0.154. The number of unbranched alkanes of at least 4 members (excludes halogenated alkanes) is 1. The second kappa shape index (κ2) is 7.42. The Morgan fingerprint density at radius 2 is 1.80 bits per heavy atom. The molecule has 1 aromatic rings. The molecule has 0 aromatic heterocycles. The average molecular weight is 270 g/mol. The molecule has 2 rings (SSSR count). The van der Waals surface area contributed by atoms with Gasteiger partial charge in [0.25, 0.3) is 0 Å². The summed E-state index contributed by atoms with van der Waals surface area (Å²) in [4.78, 5) is 11.3. The van der Waals surface area contributed by atoms with Crippen molar-refractivity contribution < 1.29 is 4.79 Å². The van der Waals surface area contributed by atoms with Crippen molar-refractivity contribution in [1.29, 1.82) is 0 Å². The minimum atomic E-state index is 0.154. The second-order valence-corrected chi connectivity index (χ2v) is 6.01. The molecule has 1 heteroatoms. The molecule has 1 fully saturated rings. The molecule has 0 saturated heterocycles. The predicted molar refractivity (Wildman–Crippen MR) is 85.2 cm³/mol. The Kier molecular flexibility index (Phi) is 5.58. The first-order valence-electron chi connectivity index (χ1n) is 7.98. The zero-order chi connectivity index (χ0) is 14.4. The Bertz CT molecular complexity index is 447. The van der Waals surface area contributed by atoms with Gasteiger partial charge in [-0.2, -0.15) is 0 Å². The van der Waals surface area contributed by atoms with E-state index in [0.717, 1.165) is 11.5 Å². The number of carbonyl (C=O) groups excluding carboxylic acids is 1. The standard InChI is InChI=1S/C19H26O/c1-3-4-5-6-16-7-9-18(10-8-16)19-13-11-17(12-14-19)15(2)20/h5-6,11-14,16,18H,3-4,7-10H2,1-2H3. The summed E-state index contributed by atoms with van der Waals surface area (Å²) < 4.78 is 0. The molecular weight excluding hydrogens is 244 g/mol. The van der Waals surface area contributed by atoms with E-state index < -0.39 is 0 Å². The zero-order valence-electron chi connectivity index (χ0n) is 12.8. The van der Waals surface area contributed by atoms with Crippen LogP contribution in [-0.4, -0.2) is 5.78 Å². The van der Waals surface area contributed by atoms with Gasteiger partial charge in [-0.15, -0.1) is 0 Å². The van der Waals surface area contributed by atoms with Crippen LogP contribution in [0.3, 0.4) is 0 Å². The average Bonchev–Trinajstić information content (AvgIpc) is 2.48. The molecule has 1 aliphatic rings. The third-order valence-corrected chi connectivity index (χ3v) is 4.42. The Morgan fingerprint density at radius 3 is 2.35 bits per heavy atom. The topological polar surface area (TPSA) is 17.1 Å². The zero-order valence-corrected chi connectivity index (χ0v) is 12.8. The van der Waals surface area contributed by atoms with Crippen LogP contribution in [0.15, 0.2) is 36.4 Å². The van der Waals surface area contributed by atoms with Gasteiger partial charge in [0, 0.05) is 5.56 Å². The molecule has 0 heterocycles. The van der Waals surface area contributed by atoms with Crippen LogP contribution < -0.4 is 0 Å². The minimum Gasteiger partial charge on any atom is -0.295 e. The number of benzene rings is 1. The lowest BCUT2D eigenvalue weighted by Gasteiger charge is -2.27. The lowest BCUT2D eigenvalue weighted by atomic mass is 9.78. The van der Waals surface area contributed by atoms with E-state index in [2.05, 4.69) is 31.2 Å². The van der Waals surface area contributed by atoms with Crippen LogP contribution in [0.1, 0.15) is 74.2 Å². The highest BCUT2D eigenvalue weighted by atomic mass is 16.1. The number of hydrogen-bond donors (Lipinski definition) is 0. The first-order valence-corrected chi connectivity index (χ1v) is 7.98. The summed E-state index contributed by atoms with van der Waals surface area (Å²) >= 11 is 0. The van der Waals surface area contributed by atoms with E-state index >= 15 is 0 Å². The van der Waals surface area contributed by atoms with Gasteiger partial charge in [0.1, 0.15) is 0 Å². The fraction of sp³-hybridized carbons (Fsp3) is 0.526. The van der Waals surface area contributed by atoms with Crippen LogP contribution in [-0.2, 0) is 0 Å². The molecule has 0 bridgehead atoms. The molecule has 0 radical (unpaired) electrons. The monoisotopic (exact) mass is 270 g/mol. The van der Waals surface area contributed by atoms with Gasteiger partial charge < -0.3 is 0 Å². The van der Waals surface area contributed by atoms with Crippen molar-refractivity contribution in [1.82, 2.24) is 0 Å². The van der Waals surface area contributed by atoms with Gasteiger partial charge >= 0.3 is 0 Å². The van der Waals surface area contributed by atoms with Crippen LogP contribution in [0.25, 0.3) is 0 Å². The number of carbonyl (C=O) groups is 1. The van der Waals surface area contributed by atoms with Crippen LogP contribution in [0, 0.1) is 5.92 Å². The maximum atomic E-state index is 11.3. The van der Waals surface area contributed by atoms with Gasteiger partial charge in [-0.1, -0.05) is 49.8 Å². The van der Waals surface area contributed by atoms with Crippen molar-refractivity contribution in [2.24, 2.45) is 5.92 Å². The fourth-order valence-corrected chi connectivity index (χ4v) is 3.09. The summed E-state index contributed by atoms with van der Waals surface area (Å²) in [6.45, 7) is 3.86. The van der Waals surface area contributed by atoms with Crippen molar-refractivity contribution in [2.45, 2.75) is 58.3 Å². The molecule has 0 atom stereocenters. The maximum absolute atomic E-state index is 11.3. The largest absolute Gasteiger partial charge is 0.295 e. The van der Waals surface area contributed by atoms with Crippen LogP contribution in [0.4, 0.5) is 0 Å². The van der Waals surface area contributed by atoms with Crippen molar-refractivity contribution in [3.63, 3.8) is 0 Å². The summed E-state index contributed by atoms with van der Waals surface area (Å²) in [5.74, 6) is 1.63. The van der Waals surface area contributed by atoms with Gasteiger partial charge in [-0.25, -0.2) is 0 Å². The van der Waals surface area contributed by atoms with Crippen molar-refractivity contribution in [3.8, 4) is 0 Å². The van der Waals surface area contributed by atoms with Crippen LogP contribution >= 0.6 is 0 Å². The highest BCUT2D eigenvalue weighted by Gasteiger charge is 2.20. The maximum Gasteiger partial charge on any atom is 0.159 e. The molecule has 1 aliphatic carbocycles. The summed E-state index contributed by atoms with van der Waals surface area (Å²) in [5.41, 5.74) is 2.23. The Balaban J connectivity index is 1.88. The van der Waals surface area contributed by atoms with Crippen LogP contribution in [0.5, 0.6) is 0 Å². The lowest BCUT2D eigenvalue weighted by molar-refractivity contribution is 0.101. The third kappa shape index (κ3) is 4.06. The van der Waals surface area contributed by atoms with Gasteiger partial charge in [-0.05, 0) is 56.4 Å². The Morgan fingerprint density at radius 1 is 1.15 bits per heavy atom. The number of hydrogen-bond acceptors (Lipinski definition) is 1. The van der Waals surface area contributed by atoms with Gasteiger partial charge in [0.2, 0.25) is 0 Å². The molecular formula is C19H26O. The molecule has 1 nitrogen and oxygen atoms in total. The highest BCUT2D eigenvalue weighted by molar-refractivity contribution is 5.94. The number of ketones is 1. The van der Waals surface area contributed by atoms with E-state index in [-0.39, 0.29) is 5.78 Å². The first-order chi connectivity index (χ1) is 9.70. The van der Waals surface area contributed by atoms with Gasteiger partial charge in [0.15, 0.2) is 5.78 Å². The lowest BCUT2D eigenvalue weighted by Crippen LogP contribution is -2.11. The molecule has 0 unspecified atom stereocenters. The third-order valence-electron chi connectivity index (χ3n) is 4.42. The predicted octanol–water partition coefficient (Wildman–Crippen LogP) is 5.52. The number of rotatable bonds is 5. The molecule has 0 N–H and O–H groups in total. The van der Waals surface area contributed by atoms with E-state index in [0.29, 0.717) is 5.92 Å². The van der Waals surface area contributed by atoms with Crippen molar-refractivity contribution in [3.05, 3.63) is 47.5 Å². The quantitative estimate of drug-likeness (QED) is 0.508. The van der Waals surface area contributed by atoms with Gasteiger partial charge in [0.05, 0.1) is 0 Å². The van der Waals surface area contributed by atoms with E-state index in [1.165, 1.54) is 44.1 Å². The van der Waals surface area contributed by atoms with E-state index in [4.69, 9.17) is 0 Å². The molecule has 0 amide bonds. The summed E-state index contributed by atoms with van der Waals surface area (Å²) in [6.07, 6.45) is 12.4. The molecule has 0 spiro atoms. The van der Waals surface area contributed by atoms with E-state index in [9.17, 15) is 4.79 Å². The van der Waals surface area contributed by atoms with Crippen molar-refractivity contribution >= 4 is 5.78 Å². The molecule has 20 heavy (non-hydrogen) atoms. The summed E-state index contributed by atoms with van der Waals surface area (Å²) in [6, 6.07) is 8.25. The second-order valence-electron chi connectivity index (χ2n) is 6.01. The number of Topliss-reactive ketones (excluding diaryl/α,β-unsaturated/α-hetero) is 1. The molecule has 108 valence electrons. The normalized spacial score (nSPS) is 23.1. The summed E-state index contributed by atoms with van der Waals surface area (Å²) in [5, 5.41) is 0. The smallest absolute Gasteiger partial charge is 0.159 e. The number of allylic oxidation sites excluding steroid dienone is 2. The first kappa shape index (κ1) is 15.0. The SMILES string of the molecule is CCCC=CC1CCC(c2ccc(C(C)=O)cc2)CC1. The Hall–Kier alpha value is -1.37. The highest BCUT2D eigenvalue weighted by Crippen LogP contribution is 2.36. The Labute approximate surface area is 123 Å². The van der Waals surface area contributed by atoms with Crippen molar-refractivity contribution in [2.75, 3.05) is 0 Å². The summed E-state index contributed by atoms with van der Waals surface area (Å²) in [7, 11) is 0. The van der Waals surface area contributed by atoms with E-state index in [1.54, 1.807) is 6.92 Å². The fourth-order valence-electron chi connectivity index (χ4n) is 3.09. The van der Waals surface area contributed by atoms with Crippen LogP contribution in [0.2, 0.25) is 0 Å². The molecule has 1 aromatic carbocycles. The molecule has 1 saturated carbocycles.